The summed E-state index contributed by atoms with van der Waals surface area (Å²) in [7, 11) is 0. The van der Waals surface area contributed by atoms with Crippen LogP contribution in [0.4, 0.5) is 4.39 Å². The lowest BCUT2D eigenvalue weighted by molar-refractivity contribution is 0.414. The second-order valence-electron chi connectivity index (χ2n) is 2.41. The highest BCUT2D eigenvalue weighted by Gasteiger charge is 1.98. The minimum Gasteiger partial charge on any atom is -0.439 e. The number of aromatic nitrogens is 1. The molecule has 16 heavy (non-hydrogen) atoms. The summed E-state index contributed by atoms with van der Waals surface area (Å²) in [4.78, 5) is 3.53. The molecule has 86 valence electrons. The summed E-state index contributed by atoms with van der Waals surface area (Å²) in [5.41, 5.74) is 0. The molecule has 0 unspecified atom stereocenters. The minimum atomic E-state index is -0.579. The van der Waals surface area contributed by atoms with E-state index in [0.29, 0.717) is 5.76 Å². The van der Waals surface area contributed by atoms with Crippen molar-refractivity contribution in [2.24, 2.45) is 0 Å². The molecule has 0 N–H and O–H groups in total. The van der Waals surface area contributed by atoms with Gasteiger partial charge in [-0.05, 0) is 18.2 Å². The number of nitrogens with zero attached hydrogens (tertiary/aromatic N) is 1. The number of rotatable bonds is 4. The van der Waals surface area contributed by atoms with Gasteiger partial charge in [0.2, 0.25) is 11.8 Å². The Kier molecular flexibility index (Phi) is 7.41. The molecule has 2 nitrogen and oxygen atoms in total. The number of ether oxygens (including phenoxy) is 1. The third kappa shape index (κ3) is 5.10. The van der Waals surface area contributed by atoms with Gasteiger partial charge < -0.3 is 4.74 Å². The van der Waals surface area contributed by atoms with Gasteiger partial charge in [-0.1, -0.05) is 39.1 Å². The second kappa shape index (κ2) is 8.41. The van der Waals surface area contributed by atoms with Gasteiger partial charge in [0.05, 0.1) is 0 Å². The van der Waals surface area contributed by atoms with Crippen molar-refractivity contribution in [1.82, 2.24) is 4.98 Å². The van der Waals surface area contributed by atoms with Crippen LogP contribution in [0, 0.1) is 5.95 Å². The number of hydrogen-bond acceptors (Lipinski definition) is 2. The zero-order valence-electron chi connectivity index (χ0n) is 9.61. The quantitative estimate of drug-likeness (QED) is 0.437. The fourth-order valence-corrected chi connectivity index (χ4v) is 0.827. The Morgan fingerprint density at radius 3 is 2.56 bits per heavy atom. The van der Waals surface area contributed by atoms with Gasteiger partial charge in [0.15, 0.2) is 0 Å². The minimum absolute atomic E-state index is 0.193. The first-order chi connectivity index (χ1) is 7.76. The second-order valence-corrected chi connectivity index (χ2v) is 2.41. The largest absolute Gasteiger partial charge is 0.439 e. The summed E-state index contributed by atoms with van der Waals surface area (Å²) < 4.78 is 17.9. The van der Waals surface area contributed by atoms with Crippen LogP contribution in [0.1, 0.15) is 13.8 Å². The molecular weight excluding hydrogens is 205 g/mol. The lowest BCUT2D eigenvalue weighted by Crippen LogP contribution is -1.95. The molecule has 1 aromatic heterocycles. The van der Waals surface area contributed by atoms with Crippen molar-refractivity contribution in [3.63, 3.8) is 0 Å². The highest BCUT2D eigenvalue weighted by atomic mass is 19.1. The molecule has 0 aliphatic carbocycles. The molecule has 0 aliphatic rings. The van der Waals surface area contributed by atoms with E-state index < -0.39 is 5.95 Å². The Bertz CT molecular complexity index is 372. The van der Waals surface area contributed by atoms with Gasteiger partial charge in [0.25, 0.3) is 0 Å². The topological polar surface area (TPSA) is 22.1 Å². The Morgan fingerprint density at radius 1 is 1.38 bits per heavy atom. The molecule has 0 atom stereocenters. The maximum atomic E-state index is 12.7. The first-order valence-corrected chi connectivity index (χ1v) is 5.02. The van der Waals surface area contributed by atoms with E-state index >= 15 is 0 Å². The molecule has 0 amide bonds. The van der Waals surface area contributed by atoms with Crippen LogP contribution in [-0.4, -0.2) is 4.98 Å². The van der Waals surface area contributed by atoms with Crippen molar-refractivity contribution in [2.45, 2.75) is 13.8 Å². The fraction of sp³-hybridized carbons (Fsp3) is 0.154. The van der Waals surface area contributed by atoms with Crippen LogP contribution in [0.5, 0.6) is 5.88 Å². The molecule has 1 aromatic rings. The first-order valence-electron chi connectivity index (χ1n) is 5.02. The normalized spacial score (nSPS) is 9.81. The van der Waals surface area contributed by atoms with Crippen LogP contribution in [0.25, 0.3) is 0 Å². The highest BCUT2D eigenvalue weighted by Crippen LogP contribution is 2.11. The summed E-state index contributed by atoms with van der Waals surface area (Å²) in [6.07, 6.45) is 4.66. The zero-order chi connectivity index (χ0) is 12.4. The van der Waals surface area contributed by atoms with Gasteiger partial charge in [-0.15, -0.1) is 0 Å². The summed E-state index contributed by atoms with van der Waals surface area (Å²) >= 11 is 0. The van der Waals surface area contributed by atoms with E-state index in [1.54, 1.807) is 18.2 Å². The van der Waals surface area contributed by atoms with E-state index in [0.717, 1.165) is 0 Å². The van der Waals surface area contributed by atoms with Crippen LogP contribution in [0.3, 0.4) is 0 Å². The number of hydrogen-bond donors (Lipinski definition) is 0. The molecule has 0 radical (unpaired) electrons. The maximum Gasteiger partial charge on any atom is 0.221 e. The molecule has 0 aromatic carbocycles. The third-order valence-corrected chi connectivity index (χ3v) is 1.40. The molecule has 0 fully saturated rings. The Morgan fingerprint density at radius 2 is 2.06 bits per heavy atom. The average Bonchev–Trinajstić information content (AvgIpc) is 2.31. The van der Waals surface area contributed by atoms with Crippen LogP contribution < -0.4 is 4.74 Å². The van der Waals surface area contributed by atoms with Crippen molar-refractivity contribution in [3.05, 3.63) is 61.3 Å². The van der Waals surface area contributed by atoms with Crippen molar-refractivity contribution in [1.29, 1.82) is 0 Å². The highest BCUT2D eigenvalue weighted by molar-refractivity contribution is 5.21. The lowest BCUT2D eigenvalue weighted by Gasteiger charge is -2.03. The van der Waals surface area contributed by atoms with E-state index in [4.69, 9.17) is 4.74 Å². The van der Waals surface area contributed by atoms with Crippen LogP contribution in [0.2, 0.25) is 0 Å². The van der Waals surface area contributed by atoms with Gasteiger partial charge in [-0.25, -0.2) is 0 Å². The predicted molar refractivity (Wildman–Crippen MR) is 64.6 cm³/mol. The first kappa shape index (κ1) is 14.1. The van der Waals surface area contributed by atoms with Crippen molar-refractivity contribution >= 4 is 0 Å². The van der Waals surface area contributed by atoms with E-state index in [1.807, 2.05) is 13.8 Å². The maximum absolute atomic E-state index is 12.7. The van der Waals surface area contributed by atoms with Gasteiger partial charge >= 0.3 is 0 Å². The number of allylic oxidation sites excluding steroid dienone is 3. The zero-order valence-corrected chi connectivity index (χ0v) is 9.61. The molecule has 1 heterocycles. The SMILES string of the molecule is C=C/C=C(\C=C)Oc1cccc(F)n1.CC. The Hall–Kier alpha value is -1.90. The van der Waals surface area contributed by atoms with E-state index in [1.165, 1.54) is 18.2 Å². The molecule has 0 saturated heterocycles. The van der Waals surface area contributed by atoms with Gasteiger partial charge in [0.1, 0.15) is 5.76 Å². The Balaban J connectivity index is 0.00000106. The lowest BCUT2D eigenvalue weighted by atomic mass is 10.4. The predicted octanol–water partition coefficient (Wildman–Crippen LogP) is 3.88. The van der Waals surface area contributed by atoms with Crippen molar-refractivity contribution < 1.29 is 9.13 Å². The van der Waals surface area contributed by atoms with Crippen LogP contribution >= 0.6 is 0 Å². The summed E-state index contributed by atoms with van der Waals surface area (Å²) in [5, 5.41) is 0. The van der Waals surface area contributed by atoms with Gasteiger partial charge in [-0.3, -0.25) is 0 Å². The van der Waals surface area contributed by atoms with E-state index in [-0.39, 0.29) is 5.88 Å². The molecule has 1 rings (SSSR count). The number of pyridine rings is 1. The standard InChI is InChI=1S/C11H10FNO.C2H6/c1-3-6-9(4-2)14-11-8-5-7-10(12)13-11;1-2/h3-8H,1-2H2;1-2H3/b9-6+;. The average molecular weight is 221 g/mol. The molecule has 0 aliphatic heterocycles. The molecule has 3 heteroatoms. The van der Waals surface area contributed by atoms with E-state index in [9.17, 15) is 4.39 Å². The summed E-state index contributed by atoms with van der Waals surface area (Å²) in [6, 6.07) is 4.33. The van der Waals surface area contributed by atoms with Gasteiger partial charge in [-0.2, -0.15) is 9.37 Å². The van der Waals surface area contributed by atoms with Crippen molar-refractivity contribution in [3.8, 4) is 5.88 Å². The summed E-state index contributed by atoms with van der Waals surface area (Å²) in [5.74, 6) is 0.0839. The fourth-order valence-electron chi connectivity index (χ4n) is 0.827. The van der Waals surface area contributed by atoms with Crippen LogP contribution in [-0.2, 0) is 0 Å². The molecule has 0 saturated carbocycles. The monoisotopic (exact) mass is 221 g/mol. The van der Waals surface area contributed by atoms with E-state index in [2.05, 4.69) is 18.1 Å². The smallest absolute Gasteiger partial charge is 0.221 e. The number of halogens is 1. The third-order valence-electron chi connectivity index (χ3n) is 1.40. The molecule has 0 bridgehead atoms. The summed E-state index contributed by atoms with van der Waals surface area (Å²) in [6.45, 7) is 11.0. The van der Waals surface area contributed by atoms with Crippen LogP contribution in [0.15, 0.2) is 55.3 Å². The molecular formula is C13H16FNO. The Labute approximate surface area is 95.8 Å². The molecule has 0 spiro atoms. The van der Waals surface area contributed by atoms with Gasteiger partial charge in [0, 0.05) is 6.07 Å². The van der Waals surface area contributed by atoms with Crippen molar-refractivity contribution in [2.75, 3.05) is 0 Å².